The highest BCUT2D eigenvalue weighted by Crippen LogP contribution is 2.11. The maximum absolute atomic E-state index is 11.7. The van der Waals surface area contributed by atoms with Gasteiger partial charge in [-0.05, 0) is 27.3 Å². The van der Waals surface area contributed by atoms with Crippen LogP contribution in [0.1, 0.15) is 20.3 Å². The van der Waals surface area contributed by atoms with Crippen LogP contribution in [0.4, 0.5) is 0 Å². The van der Waals surface area contributed by atoms with E-state index in [1.54, 1.807) is 13.8 Å². The quantitative estimate of drug-likeness (QED) is 0.716. The summed E-state index contributed by atoms with van der Waals surface area (Å²) in [6, 6.07) is 0. The number of sulfone groups is 1. The van der Waals surface area contributed by atoms with E-state index in [9.17, 15) is 8.42 Å². The van der Waals surface area contributed by atoms with Gasteiger partial charge in [0.1, 0.15) is 0 Å². The van der Waals surface area contributed by atoms with Crippen molar-refractivity contribution in [3.8, 4) is 0 Å². The molecule has 1 aliphatic heterocycles. The molecule has 1 fully saturated rings. The van der Waals surface area contributed by atoms with Gasteiger partial charge < -0.3 is 9.64 Å². The highest BCUT2D eigenvalue weighted by Gasteiger charge is 2.24. The van der Waals surface area contributed by atoms with Gasteiger partial charge >= 0.3 is 0 Å². The number of ether oxygens (including phenoxy) is 1. The fraction of sp³-hybridized carbons (Fsp3) is 1.00. The first-order valence-electron chi connectivity index (χ1n) is 5.43. The van der Waals surface area contributed by atoms with Gasteiger partial charge in [-0.15, -0.1) is 0 Å². The molecule has 0 radical (unpaired) electrons. The molecule has 1 aliphatic rings. The van der Waals surface area contributed by atoms with E-state index in [0.29, 0.717) is 6.61 Å². The average molecular weight is 235 g/mol. The largest absolute Gasteiger partial charge is 0.376 e. The standard InChI is InChI=1S/C10H21NO3S/c1-9(2)15(12,13)8-10-4-5-11(3)6-7-14-10/h9-10H,4-8H2,1-3H3. The lowest BCUT2D eigenvalue weighted by Gasteiger charge is -2.16. The number of hydrogen-bond donors (Lipinski definition) is 0. The number of likely N-dealkylation sites (N-methyl/N-ethyl adjacent to an activating group) is 1. The van der Waals surface area contributed by atoms with Crippen molar-refractivity contribution in [2.24, 2.45) is 0 Å². The summed E-state index contributed by atoms with van der Waals surface area (Å²) >= 11 is 0. The summed E-state index contributed by atoms with van der Waals surface area (Å²) in [6.07, 6.45) is 0.685. The summed E-state index contributed by atoms with van der Waals surface area (Å²) in [7, 11) is -0.945. The molecule has 0 bridgehead atoms. The zero-order valence-electron chi connectivity index (χ0n) is 9.77. The molecule has 0 aromatic carbocycles. The first kappa shape index (κ1) is 12.9. The van der Waals surface area contributed by atoms with Crippen molar-refractivity contribution in [3.05, 3.63) is 0 Å². The summed E-state index contributed by atoms with van der Waals surface area (Å²) in [5.74, 6) is 0.165. The van der Waals surface area contributed by atoms with Crippen LogP contribution in [0.2, 0.25) is 0 Å². The van der Waals surface area contributed by atoms with Gasteiger partial charge in [0.15, 0.2) is 9.84 Å². The molecule has 0 saturated carbocycles. The molecule has 0 aromatic heterocycles. The van der Waals surface area contributed by atoms with Gasteiger partial charge in [0.05, 0.1) is 23.7 Å². The zero-order chi connectivity index (χ0) is 11.5. The molecule has 15 heavy (non-hydrogen) atoms. The molecule has 4 nitrogen and oxygen atoms in total. The van der Waals surface area contributed by atoms with Crippen molar-refractivity contribution in [1.82, 2.24) is 4.90 Å². The molecule has 1 saturated heterocycles. The second-order valence-corrected chi connectivity index (χ2v) is 7.06. The Kier molecular flexibility index (Phi) is 4.55. The Morgan fingerprint density at radius 1 is 1.40 bits per heavy atom. The van der Waals surface area contributed by atoms with Gasteiger partial charge in [0.25, 0.3) is 0 Å². The normalized spacial score (nSPS) is 25.5. The van der Waals surface area contributed by atoms with Gasteiger partial charge in [0.2, 0.25) is 0 Å². The Morgan fingerprint density at radius 3 is 2.67 bits per heavy atom. The average Bonchev–Trinajstić information content (AvgIpc) is 2.30. The van der Waals surface area contributed by atoms with E-state index in [0.717, 1.165) is 19.5 Å². The second kappa shape index (κ2) is 5.27. The van der Waals surface area contributed by atoms with Crippen molar-refractivity contribution in [1.29, 1.82) is 0 Å². The van der Waals surface area contributed by atoms with Gasteiger partial charge in [0, 0.05) is 13.1 Å². The fourth-order valence-electron chi connectivity index (χ4n) is 1.52. The van der Waals surface area contributed by atoms with Crippen molar-refractivity contribution < 1.29 is 13.2 Å². The number of nitrogens with zero attached hydrogens (tertiary/aromatic N) is 1. The van der Waals surface area contributed by atoms with Gasteiger partial charge in [-0.1, -0.05) is 0 Å². The van der Waals surface area contributed by atoms with Gasteiger partial charge in [-0.3, -0.25) is 0 Å². The van der Waals surface area contributed by atoms with Crippen molar-refractivity contribution in [2.45, 2.75) is 31.6 Å². The lowest BCUT2D eigenvalue weighted by molar-refractivity contribution is 0.0778. The summed E-state index contributed by atoms with van der Waals surface area (Å²) in [5, 5.41) is -0.304. The molecular formula is C10H21NO3S. The molecule has 0 N–H and O–H groups in total. The van der Waals surface area contributed by atoms with Crippen LogP contribution in [0.3, 0.4) is 0 Å². The summed E-state index contributed by atoms with van der Waals surface area (Å²) in [5.41, 5.74) is 0. The smallest absolute Gasteiger partial charge is 0.155 e. The monoisotopic (exact) mass is 235 g/mol. The molecule has 1 heterocycles. The van der Waals surface area contributed by atoms with Crippen LogP contribution in [0, 0.1) is 0 Å². The number of hydrogen-bond acceptors (Lipinski definition) is 4. The van der Waals surface area contributed by atoms with Gasteiger partial charge in [-0.2, -0.15) is 0 Å². The molecular weight excluding hydrogens is 214 g/mol. The highest BCUT2D eigenvalue weighted by molar-refractivity contribution is 7.92. The van der Waals surface area contributed by atoms with E-state index in [1.807, 2.05) is 7.05 Å². The van der Waals surface area contributed by atoms with E-state index >= 15 is 0 Å². The predicted octanol–water partition coefficient (Wildman–Crippen LogP) is 0.530. The third-order valence-corrected chi connectivity index (χ3v) is 5.07. The van der Waals surface area contributed by atoms with E-state index in [-0.39, 0.29) is 17.1 Å². The number of rotatable bonds is 3. The maximum atomic E-state index is 11.7. The van der Waals surface area contributed by atoms with Crippen LogP contribution in [-0.2, 0) is 14.6 Å². The molecule has 0 aliphatic carbocycles. The minimum atomic E-state index is -2.98. The molecule has 0 amide bonds. The van der Waals surface area contributed by atoms with Crippen LogP contribution in [0.5, 0.6) is 0 Å². The Hall–Kier alpha value is -0.130. The van der Waals surface area contributed by atoms with E-state index in [4.69, 9.17) is 4.74 Å². The molecule has 90 valence electrons. The molecule has 5 heteroatoms. The van der Waals surface area contributed by atoms with Crippen LogP contribution in [0.15, 0.2) is 0 Å². The predicted molar refractivity (Wildman–Crippen MR) is 60.8 cm³/mol. The fourth-order valence-corrected chi connectivity index (χ4v) is 2.68. The lowest BCUT2D eigenvalue weighted by atomic mass is 10.3. The highest BCUT2D eigenvalue weighted by atomic mass is 32.2. The molecule has 1 atom stereocenters. The van der Waals surface area contributed by atoms with Crippen molar-refractivity contribution >= 4 is 9.84 Å². The van der Waals surface area contributed by atoms with Crippen molar-refractivity contribution in [2.75, 3.05) is 32.5 Å². The first-order valence-corrected chi connectivity index (χ1v) is 7.15. The lowest BCUT2D eigenvalue weighted by Crippen LogP contribution is -2.29. The topological polar surface area (TPSA) is 46.6 Å². The Morgan fingerprint density at radius 2 is 2.07 bits per heavy atom. The van der Waals surface area contributed by atoms with E-state index in [1.165, 1.54) is 0 Å². The minimum Gasteiger partial charge on any atom is -0.376 e. The Balaban J connectivity index is 2.51. The maximum Gasteiger partial charge on any atom is 0.155 e. The van der Waals surface area contributed by atoms with Gasteiger partial charge in [-0.25, -0.2) is 8.42 Å². The first-order chi connectivity index (χ1) is 6.92. The second-order valence-electron chi connectivity index (χ2n) is 4.46. The van der Waals surface area contributed by atoms with Crippen LogP contribution < -0.4 is 0 Å². The third kappa shape index (κ3) is 4.09. The van der Waals surface area contributed by atoms with Crippen LogP contribution in [-0.4, -0.2) is 57.2 Å². The van der Waals surface area contributed by atoms with Crippen LogP contribution in [0.25, 0.3) is 0 Å². The molecule has 1 unspecified atom stereocenters. The zero-order valence-corrected chi connectivity index (χ0v) is 10.6. The van der Waals surface area contributed by atoms with E-state index < -0.39 is 9.84 Å². The third-order valence-electron chi connectivity index (χ3n) is 2.80. The Labute approximate surface area is 92.5 Å². The minimum absolute atomic E-state index is 0.123. The molecule has 0 aromatic rings. The SMILES string of the molecule is CC(C)S(=O)(=O)CC1CCN(C)CCO1. The Bertz CT molecular complexity index is 287. The summed E-state index contributed by atoms with van der Waals surface area (Å²) in [6.45, 7) is 5.88. The molecule has 1 rings (SSSR count). The summed E-state index contributed by atoms with van der Waals surface area (Å²) in [4.78, 5) is 2.17. The van der Waals surface area contributed by atoms with Crippen molar-refractivity contribution in [3.63, 3.8) is 0 Å². The summed E-state index contributed by atoms with van der Waals surface area (Å²) < 4.78 is 28.9. The van der Waals surface area contributed by atoms with E-state index in [2.05, 4.69) is 4.90 Å². The van der Waals surface area contributed by atoms with Crippen LogP contribution >= 0.6 is 0 Å². The molecule has 0 spiro atoms.